The maximum atomic E-state index is 12.0. The number of nitrogens with one attached hydrogen (secondary N) is 2. The number of anilines is 1. The minimum Gasteiger partial charge on any atom is -0.477 e. The highest BCUT2D eigenvalue weighted by Crippen LogP contribution is 2.21. The van der Waals surface area contributed by atoms with E-state index in [-0.39, 0.29) is 21.4 Å². The van der Waals surface area contributed by atoms with E-state index in [1.165, 1.54) is 12.3 Å². The third-order valence-electron chi connectivity index (χ3n) is 2.19. The summed E-state index contributed by atoms with van der Waals surface area (Å²) < 4.78 is 26.1. The van der Waals surface area contributed by atoms with Gasteiger partial charge in [0, 0.05) is 12.4 Å². The molecule has 100 valence electrons. The summed E-state index contributed by atoms with van der Waals surface area (Å²) in [6, 6.07) is 4.03. The summed E-state index contributed by atoms with van der Waals surface area (Å²) >= 11 is 5.78. The minimum absolute atomic E-state index is 0.0257. The van der Waals surface area contributed by atoms with Gasteiger partial charge in [-0.2, -0.15) is 0 Å². The zero-order valence-corrected chi connectivity index (χ0v) is 10.9. The van der Waals surface area contributed by atoms with Gasteiger partial charge in [0.2, 0.25) is 0 Å². The Hall–Kier alpha value is -2.06. The number of aromatic amines is 1. The zero-order valence-electron chi connectivity index (χ0n) is 9.29. The number of hydrogen-bond acceptors (Lipinski definition) is 4. The first-order valence-corrected chi connectivity index (χ1v) is 6.81. The number of hydrogen-bond donors (Lipinski definition) is 3. The second-order valence-corrected chi connectivity index (χ2v) is 5.58. The first-order valence-electron chi connectivity index (χ1n) is 4.95. The van der Waals surface area contributed by atoms with Crippen LogP contribution in [0.15, 0.2) is 35.5 Å². The Bertz CT molecular complexity index is 726. The SMILES string of the molecule is O=C(O)c1cc(S(=O)(=O)Nc2ncccc2Cl)c[nH]1. The minimum atomic E-state index is -3.94. The number of carboxylic acid groups (broad SMARTS) is 1. The van der Waals surface area contributed by atoms with E-state index in [0.717, 1.165) is 12.3 Å². The molecule has 0 saturated carbocycles. The predicted octanol–water partition coefficient (Wildman–Crippen LogP) is 1.56. The predicted molar refractivity (Wildman–Crippen MR) is 67.8 cm³/mol. The topological polar surface area (TPSA) is 112 Å². The van der Waals surface area contributed by atoms with Crippen molar-refractivity contribution in [3.05, 3.63) is 41.3 Å². The molecule has 2 aromatic rings. The third-order valence-corrected chi connectivity index (χ3v) is 3.81. The van der Waals surface area contributed by atoms with Crippen LogP contribution >= 0.6 is 11.6 Å². The number of sulfonamides is 1. The molecule has 2 heterocycles. The highest BCUT2D eigenvalue weighted by atomic mass is 35.5. The first-order chi connectivity index (χ1) is 8.90. The molecular weight excluding hydrogens is 294 g/mol. The largest absolute Gasteiger partial charge is 0.477 e. The summed E-state index contributed by atoms with van der Waals surface area (Å²) in [5.41, 5.74) is -0.229. The van der Waals surface area contributed by atoms with Crippen LogP contribution in [0.1, 0.15) is 10.5 Å². The van der Waals surface area contributed by atoms with Crippen LogP contribution in [0.25, 0.3) is 0 Å². The molecule has 0 unspecified atom stereocenters. The molecule has 19 heavy (non-hydrogen) atoms. The van der Waals surface area contributed by atoms with Crippen LogP contribution in [0.3, 0.4) is 0 Å². The normalized spacial score (nSPS) is 11.2. The van der Waals surface area contributed by atoms with Crippen molar-refractivity contribution in [1.82, 2.24) is 9.97 Å². The molecule has 0 spiro atoms. The van der Waals surface area contributed by atoms with Crippen molar-refractivity contribution in [2.45, 2.75) is 4.90 Å². The summed E-state index contributed by atoms with van der Waals surface area (Å²) in [6.45, 7) is 0. The number of H-pyrrole nitrogens is 1. The molecular formula is C10H8ClN3O4S. The lowest BCUT2D eigenvalue weighted by atomic mass is 10.4. The molecule has 0 amide bonds. The average molecular weight is 302 g/mol. The van der Waals surface area contributed by atoms with E-state index >= 15 is 0 Å². The summed E-state index contributed by atoms with van der Waals surface area (Å²) in [7, 11) is -3.94. The standard InChI is InChI=1S/C10H8ClN3O4S/c11-7-2-1-3-12-9(7)14-19(17,18)6-4-8(10(15)16)13-5-6/h1-5,13H,(H,12,14)(H,15,16). The van der Waals surface area contributed by atoms with Gasteiger partial charge in [-0.25, -0.2) is 18.2 Å². The first kappa shape index (κ1) is 13.4. The van der Waals surface area contributed by atoms with Crippen LogP contribution in [-0.2, 0) is 10.0 Å². The summed E-state index contributed by atoms with van der Waals surface area (Å²) in [6.07, 6.45) is 2.45. The molecule has 0 radical (unpaired) electrons. The van der Waals surface area contributed by atoms with Crippen molar-refractivity contribution >= 4 is 33.4 Å². The monoisotopic (exact) mass is 301 g/mol. The number of pyridine rings is 1. The fourth-order valence-corrected chi connectivity index (χ4v) is 2.55. The molecule has 2 aromatic heterocycles. The van der Waals surface area contributed by atoms with Crippen molar-refractivity contribution in [3.63, 3.8) is 0 Å². The van der Waals surface area contributed by atoms with Gasteiger partial charge in [0.15, 0.2) is 5.82 Å². The zero-order chi connectivity index (χ0) is 14.0. The summed E-state index contributed by atoms with van der Waals surface area (Å²) in [4.78, 5) is 16.6. The molecule has 0 aromatic carbocycles. The molecule has 0 fully saturated rings. The number of rotatable bonds is 4. The van der Waals surface area contributed by atoms with Crippen molar-refractivity contribution < 1.29 is 18.3 Å². The Morgan fingerprint density at radius 2 is 2.21 bits per heavy atom. The van der Waals surface area contributed by atoms with E-state index in [1.54, 1.807) is 6.07 Å². The Kier molecular flexibility index (Phi) is 3.45. The number of aromatic carboxylic acids is 1. The highest BCUT2D eigenvalue weighted by molar-refractivity contribution is 7.92. The van der Waals surface area contributed by atoms with Crippen LogP contribution in [0.2, 0.25) is 5.02 Å². The lowest BCUT2D eigenvalue weighted by Gasteiger charge is -2.06. The fourth-order valence-electron chi connectivity index (χ4n) is 1.30. The van der Waals surface area contributed by atoms with Crippen molar-refractivity contribution in [2.24, 2.45) is 0 Å². The lowest BCUT2D eigenvalue weighted by Crippen LogP contribution is -2.13. The molecule has 0 aliphatic heterocycles. The number of aromatic nitrogens is 2. The fraction of sp³-hybridized carbons (Fsp3) is 0. The van der Waals surface area contributed by atoms with E-state index < -0.39 is 16.0 Å². The van der Waals surface area contributed by atoms with Crippen LogP contribution in [0, 0.1) is 0 Å². The number of nitrogens with zero attached hydrogens (tertiary/aromatic N) is 1. The smallest absolute Gasteiger partial charge is 0.352 e. The Morgan fingerprint density at radius 1 is 1.47 bits per heavy atom. The van der Waals surface area contributed by atoms with Gasteiger partial charge in [0.25, 0.3) is 10.0 Å². The molecule has 0 bridgehead atoms. The Balaban J connectivity index is 2.32. The van der Waals surface area contributed by atoms with Gasteiger partial charge in [-0.15, -0.1) is 0 Å². The van der Waals surface area contributed by atoms with Gasteiger partial charge in [-0.05, 0) is 18.2 Å². The molecule has 0 aliphatic carbocycles. The van der Waals surface area contributed by atoms with Gasteiger partial charge in [-0.1, -0.05) is 11.6 Å². The van der Waals surface area contributed by atoms with E-state index in [0.29, 0.717) is 0 Å². The maximum Gasteiger partial charge on any atom is 0.352 e. The van der Waals surface area contributed by atoms with Crippen LogP contribution in [-0.4, -0.2) is 29.5 Å². The van der Waals surface area contributed by atoms with Crippen molar-refractivity contribution in [1.29, 1.82) is 0 Å². The second kappa shape index (κ2) is 4.90. The number of carbonyl (C=O) groups is 1. The summed E-state index contributed by atoms with van der Waals surface area (Å²) in [5, 5.41) is 8.86. The van der Waals surface area contributed by atoms with E-state index in [1.807, 2.05) is 0 Å². The van der Waals surface area contributed by atoms with Crippen LogP contribution in [0.5, 0.6) is 0 Å². The quantitative estimate of drug-likeness (QED) is 0.793. The average Bonchev–Trinajstić information content (AvgIpc) is 2.82. The second-order valence-electron chi connectivity index (χ2n) is 3.49. The highest BCUT2D eigenvalue weighted by Gasteiger charge is 2.19. The van der Waals surface area contributed by atoms with Crippen molar-refractivity contribution in [2.75, 3.05) is 4.72 Å². The summed E-state index contributed by atoms with van der Waals surface area (Å²) in [5.74, 6) is -1.28. The molecule has 2 rings (SSSR count). The Labute approximate surface area is 113 Å². The van der Waals surface area contributed by atoms with Crippen molar-refractivity contribution in [3.8, 4) is 0 Å². The molecule has 9 heteroatoms. The molecule has 0 aliphatic rings. The third kappa shape index (κ3) is 2.85. The number of halogens is 1. The lowest BCUT2D eigenvalue weighted by molar-refractivity contribution is 0.0691. The van der Waals surface area contributed by atoms with E-state index in [4.69, 9.17) is 16.7 Å². The van der Waals surface area contributed by atoms with Gasteiger partial charge in [0.05, 0.1) is 5.02 Å². The van der Waals surface area contributed by atoms with E-state index in [2.05, 4.69) is 14.7 Å². The molecule has 0 saturated heterocycles. The Morgan fingerprint density at radius 3 is 2.79 bits per heavy atom. The molecule has 3 N–H and O–H groups in total. The van der Waals surface area contributed by atoms with E-state index in [9.17, 15) is 13.2 Å². The molecule has 0 atom stereocenters. The van der Waals surface area contributed by atoms with Gasteiger partial charge in [-0.3, -0.25) is 4.72 Å². The van der Waals surface area contributed by atoms with Gasteiger partial charge < -0.3 is 10.1 Å². The number of carboxylic acids is 1. The van der Waals surface area contributed by atoms with Crippen LogP contribution < -0.4 is 4.72 Å². The van der Waals surface area contributed by atoms with Gasteiger partial charge >= 0.3 is 5.97 Å². The van der Waals surface area contributed by atoms with Crippen LogP contribution in [0.4, 0.5) is 5.82 Å². The maximum absolute atomic E-state index is 12.0. The van der Waals surface area contributed by atoms with Gasteiger partial charge in [0.1, 0.15) is 10.6 Å². The molecule has 7 nitrogen and oxygen atoms in total.